The van der Waals surface area contributed by atoms with Gasteiger partial charge in [0.15, 0.2) is 0 Å². The summed E-state index contributed by atoms with van der Waals surface area (Å²) in [5.41, 5.74) is 0. The number of hydrogen-bond acceptors (Lipinski definition) is 7. The summed E-state index contributed by atoms with van der Waals surface area (Å²) in [6.45, 7) is 6.85. The molecule has 0 heterocycles. The largest absolute Gasteiger partial charge is 0.756 e. The molecule has 0 aromatic rings. The van der Waals surface area contributed by atoms with Gasteiger partial charge in [-0.15, -0.1) is 0 Å². The van der Waals surface area contributed by atoms with Crippen molar-refractivity contribution in [2.45, 2.75) is 335 Å². The number of ether oxygens (including phenoxy) is 1. The smallest absolute Gasteiger partial charge is 0.306 e. The van der Waals surface area contributed by atoms with Crippen LogP contribution in [0.4, 0.5) is 0 Å². The third-order valence-electron chi connectivity index (χ3n) is 14.8. The molecule has 0 rings (SSSR count). The van der Waals surface area contributed by atoms with Crippen molar-refractivity contribution in [3.63, 3.8) is 0 Å². The number of esters is 1. The van der Waals surface area contributed by atoms with Crippen LogP contribution < -0.4 is 10.2 Å². The van der Waals surface area contributed by atoms with Crippen molar-refractivity contribution in [2.24, 2.45) is 0 Å². The van der Waals surface area contributed by atoms with Gasteiger partial charge in [0.2, 0.25) is 5.91 Å². The molecule has 1 N–H and O–H groups in total. The van der Waals surface area contributed by atoms with Gasteiger partial charge in [0.25, 0.3) is 7.82 Å². The molecule has 3 unspecified atom stereocenters. The molecule has 0 saturated carbocycles. The van der Waals surface area contributed by atoms with Gasteiger partial charge < -0.3 is 28.5 Å². The highest BCUT2D eigenvalue weighted by atomic mass is 31.2. The van der Waals surface area contributed by atoms with Crippen LogP contribution in [-0.4, -0.2) is 69.4 Å². The number of carbonyl (C=O) groups excluding carboxylic acids is 2. The summed E-state index contributed by atoms with van der Waals surface area (Å²) in [4.78, 5) is 40.0. The number of hydrogen-bond donors (Lipinski definition) is 1. The molecule has 0 aromatic heterocycles. The monoisotopic (exact) mass is 1090 g/mol. The van der Waals surface area contributed by atoms with E-state index < -0.39 is 20.0 Å². The molecule has 3 atom stereocenters. The zero-order valence-corrected chi connectivity index (χ0v) is 52.1. The number of phosphoric ester groups is 1. The van der Waals surface area contributed by atoms with E-state index in [0.29, 0.717) is 17.4 Å². The Kier molecular flexibility index (Phi) is 55.2. The van der Waals surface area contributed by atoms with Crippen LogP contribution in [0.25, 0.3) is 0 Å². The van der Waals surface area contributed by atoms with Crippen LogP contribution >= 0.6 is 7.82 Å². The Morgan fingerprint density at radius 1 is 0.461 bits per heavy atom. The van der Waals surface area contributed by atoms with Crippen LogP contribution in [0.3, 0.4) is 0 Å². The summed E-state index contributed by atoms with van der Waals surface area (Å²) in [6, 6.07) is -0.883. The lowest BCUT2D eigenvalue weighted by atomic mass is 10.0. The third kappa shape index (κ3) is 56.9. The van der Waals surface area contributed by atoms with E-state index in [-0.39, 0.29) is 31.5 Å². The number of carbonyl (C=O) groups is 2. The molecule has 9 nitrogen and oxygen atoms in total. The number of likely N-dealkylation sites (N-methyl/N-ethyl adjacent to an activating group) is 1. The van der Waals surface area contributed by atoms with Crippen LogP contribution in [0, 0.1) is 0 Å². The van der Waals surface area contributed by atoms with Gasteiger partial charge in [-0.1, -0.05) is 282 Å². The van der Waals surface area contributed by atoms with Crippen molar-refractivity contribution in [3.8, 4) is 0 Å². The topological polar surface area (TPSA) is 114 Å². The minimum Gasteiger partial charge on any atom is -0.756 e. The van der Waals surface area contributed by atoms with Gasteiger partial charge in [0.05, 0.1) is 33.8 Å². The summed E-state index contributed by atoms with van der Waals surface area (Å²) in [7, 11) is 1.20. The molecule has 448 valence electrons. The Labute approximate surface area is 472 Å². The number of unbranched alkanes of at least 4 members (excludes halogenated alkanes) is 40. The summed E-state index contributed by atoms with van der Waals surface area (Å²) in [5.74, 6) is -0.526. The first kappa shape index (κ1) is 74.2. The Morgan fingerprint density at radius 3 is 1.21 bits per heavy atom. The summed E-state index contributed by atoms with van der Waals surface area (Å²) in [6.07, 6.45) is 68.3. The average molecular weight is 1090 g/mol. The summed E-state index contributed by atoms with van der Waals surface area (Å²) >= 11 is 0. The molecular formula is C66H127N2O7P. The van der Waals surface area contributed by atoms with Gasteiger partial charge in [-0.25, -0.2) is 0 Å². The van der Waals surface area contributed by atoms with E-state index in [4.69, 9.17) is 13.8 Å². The van der Waals surface area contributed by atoms with Crippen molar-refractivity contribution in [1.29, 1.82) is 0 Å². The third-order valence-corrected chi connectivity index (χ3v) is 15.8. The molecule has 76 heavy (non-hydrogen) atoms. The van der Waals surface area contributed by atoms with E-state index in [2.05, 4.69) is 50.4 Å². The Bertz CT molecular complexity index is 1400. The predicted octanol–water partition coefficient (Wildman–Crippen LogP) is 19.7. The number of nitrogens with zero attached hydrogens (tertiary/aromatic N) is 1. The Morgan fingerprint density at radius 2 is 0.803 bits per heavy atom. The van der Waals surface area contributed by atoms with E-state index in [0.717, 1.165) is 64.2 Å². The minimum atomic E-state index is -4.69. The second kappa shape index (κ2) is 56.5. The molecule has 0 radical (unpaired) electrons. The maximum atomic E-state index is 13.5. The molecule has 0 aliphatic rings. The second-order valence-corrected chi connectivity index (χ2v) is 25.0. The van der Waals surface area contributed by atoms with Gasteiger partial charge in [0, 0.05) is 12.8 Å². The Balaban J connectivity index is 5.04. The van der Waals surface area contributed by atoms with Gasteiger partial charge in [-0.05, 0) is 63.9 Å². The van der Waals surface area contributed by atoms with Gasteiger partial charge in [-0.3, -0.25) is 14.2 Å². The molecule has 0 aromatic carbocycles. The van der Waals surface area contributed by atoms with Crippen LogP contribution in [0.1, 0.15) is 323 Å². The summed E-state index contributed by atoms with van der Waals surface area (Å²) < 4.78 is 30.3. The molecule has 0 saturated heterocycles. The maximum absolute atomic E-state index is 13.5. The molecule has 0 fully saturated rings. The number of quaternary nitrogens is 1. The van der Waals surface area contributed by atoms with Gasteiger partial charge in [0.1, 0.15) is 19.3 Å². The fourth-order valence-electron chi connectivity index (χ4n) is 9.73. The molecule has 0 aliphatic heterocycles. The first-order valence-electron chi connectivity index (χ1n) is 32.8. The first-order chi connectivity index (χ1) is 36.9. The van der Waals surface area contributed by atoms with Crippen molar-refractivity contribution >= 4 is 19.7 Å². The molecule has 1 amide bonds. The normalized spacial score (nSPS) is 13.8. The molecule has 10 heteroatoms. The quantitative estimate of drug-likeness (QED) is 0.0212. The highest BCUT2D eigenvalue weighted by molar-refractivity contribution is 7.45. The van der Waals surface area contributed by atoms with E-state index in [9.17, 15) is 19.0 Å². The molecule has 0 spiro atoms. The van der Waals surface area contributed by atoms with Crippen molar-refractivity contribution in [1.82, 2.24) is 5.32 Å². The average Bonchev–Trinajstić information content (AvgIpc) is 3.38. The van der Waals surface area contributed by atoms with Gasteiger partial charge >= 0.3 is 5.97 Å². The standard InChI is InChI=1S/C66H127N2O7P/c1-7-10-13-16-19-22-25-28-29-30-31-32-33-34-35-36-37-38-39-41-43-46-49-52-55-58-65(69)67-63(62-74-76(71,72)73-61-60-68(4,5)6)64(57-54-51-48-45-42-27-24-21-18-15-12-9-3)75-66(70)59-56-53-50-47-44-40-26-23-20-17-14-11-8-2/h19,22,28-29,54,57,63-64H,7-18,20-21,23-27,30-53,55-56,58-62H2,1-6H3,(H-,67,69,71,72)/b22-19-,29-28-,57-54-. The lowest BCUT2D eigenvalue weighted by Gasteiger charge is -2.30. The lowest BCUT2D eigenvalue weighted by Crippen LogP contribution is -2.47. The maximum Gasteiger partial charge on any atom is 0.306 e. The fourth-order valence-corrected chi connectivity index (χ4v) is 10.5. The van der Waals surface area contributed by atoms with Crippen molar-refractivity contribution in [3.05, 3.63) is 36.5 Å². The zero-order chi connectivity index (χ0) is 55.7. The minimum absolute atomic E-state index is 0.0193. The number of amides is 1. The lowest BCUT2D eigenvalue weighted by molar-refractivity contribution is -0.870. The first-order valence-corrected chi connectivity index (χ1v) is 34.3. The predicted molar refractivity (Wildman–Crippen MR) is 326 cm³/mol. The number of phosphoric acid groups is 1. The Hall–Kier alpha value is -1.77. The second-order valence-electron chi connectivity index (χ2n) is 23.6. The van der Waals surface area contributed by atoms with Crippen LogP contribution in [0.15, 0.2) is 36.5 Å². The fraction of sp³-hybridized carbons (Fsp3) is 0.879. The van der Waals surface area contributed by atoms with E-state index in [1.807, 2.05) is 33.3 Å². The van der Waals surface area contributed by atoms with Crippen molar-refractivity contribution in [2.75, 3.05) is 40.9 Å². The van der Waals surface area contributed by atoms with E-state index in [1.54, 1.807) is 0 Å². The SMILES string of the molecule is CCCCC/C=C\C/C=C\CCCCCCCCCCCCCCCCCC(=O)NC(COP(=O)([O-])OCC[N+](C)(C)C)C(/C=C\CCCCCCCCCCCC)OC(=O)CCCCCCCCCCCCCCC. The molecule has 0 aliphatic carbocycles. The van der Waals surface area contributed by atoms with Crippen LogP contribution in [0.5, 0.6) is 0 Å². The van der Waals surface area contributed by atoms with E-state index >= 15 is 0 Å². The number of allylic oxidation sites excluding steroid dienone is 5. The highest BCUT2D eigenvalue weighted by Gasteiger charge is 2.27. The van der Waals surface area contributed by atoms with Crippen LogP contribution in [0.2, 0.25) is 0 Å². The van der Waals surface area contributed by atoms with Crippen molar-refractivity contribution < 1.29 is 37.3 Å². The number of nitrogens with one attached hydrogen (secondary N) is 1. The van der Waals surface area contributed by atoms with Crippen LogP contribution in [-0.2, 0) is 27.9 Å². The number of rotatable bonds is 60. The molecule has 0 bridgehead atoms. The molecular weight excluding hydrogens is 964 g/mol. The summed E-state index contributed by atoms with van der Waals surface area (Å²) in [5, 5.41) is 3.04. The zero-order valence-electron chi connectivity index (χ0n) is 51.2. The van der Waals surface area contributed by atoms with E-state index in [1.165, 1.54) is 225 Å². The van der Waals surface area contributed by atoms with Gasteiger partial charge in [-0.2, -0.15) is 0 Å². The highest BCUT2D eigenvalue weighted by Crippen LogP contribution is 2.38.